The van der Waals surface area contributed by atoms with E-state index in [0.29, 0.717) is 32.2 Å². The predicted octanol–water partition coefficient (Wildman–Crippen LogP) is 5.06. The standard InChI is InChI=1S/C26H25F5N4O4/c27-19-6-5-16(13-20(19)28)21-14-38-24(37)35(21)23(36)34-12-11-33-17-7-9-25(15-32,10-8-17)18-3-1-2-4-22(18)39-26(29,30)31/h1-6,13,17,21,33H,7-12,14H2,(H,34,36). The fourth-order valence-electron chi connectivity index (χ4n) is 4.97. The van der Waals surface area contributed by atoms with E-state index in [-0.39, 0.29) is 36.1 Å². The smallest absolute Gasteiger partial charge is 0.446 e. The van der Waals surface area contributed by atoms with Crippen LogP contribution in [0.5, 0.6) is 5.75 Å². The van der Waals surface area contributed by atoms with Crippen LogP contribution in [0.15, 0.2) is 42.5 Å². The first kappa shape index (κ1) is 28.1. The molecule has 2 aromatic rings. The van der Waals surface area contributed by atoms with Gasteiger partial charge in [0.25, 0.3) is 0 Å². The zero-order valence-corrected chi connectivity index (χ0v) is 20.6. The Morgan fingerprint density at radius 2 is 1.85 bits per heavy atom. The Kier molecular flexibility index (Phi) is 8.25. The number of rotatable bonds is 7. The van der Waals surface area contributed by atoms with E-state index in [0.717, 1.165) is 17.0 Å². The molecule has 8 nitrogen and oxygen atoms in total. The Labute approximate surface area is 220 Å². The normalized spacial score (nSPS) is 23.2. The van der Waals surface area contributed by atoms with Crippen molar-refractivity contribution in [1.82, 2.24) is 15.5 Å². The van der Waals surface area contributed by atoms with E-state index in [9.17, 15) is 36.8 Å². The van der Waals surface area contributed by atoms with E-state index in [1.165, 1.54) is 24.3 Å². The summed E-state index contributed by atoms with van der Waals surface area (Å²) in [6, 6.07) is 9.20. The van der Waals surface area contributed by atoms with Crippen molar-refractivity contribution in [2.24, 2.45) is 0 Å². The summed E-state index contributed by atoms with van der Waals surface area (Å²) < 4.78 is 74.6. The molecule has 2 aromatic carbocycles. The molecule has 3 amide bonds. The number of cyclic esters (lactones) is 1. The maximum atomic E-state index is 13.6. The summed E-state index contributed by atoms with van der Waals surface area (Å²) >= 11 is 0. The predicted molar refractivity (Wildman–Crippen MR) is 126 cm³/mol. The number of para-hydroxylation sites is 1. The van der Waals surface area contributed by atoms with Gasteiger partial charge in [0.05, 0.1) is 11.5 Å². The quantitative estimate of drug-likeness (QED) is 0.368. The molecule has 0 spiro atoms. The Bertz CT molecular complexity index is 1260. The van der Waals surface area contributed by atoms with Gasteiger partial charge in [-0.3, -0.25) is 0 Å². The molecule has 13 heteroatoms. The number of hydrogen-bond donors (Lipinski definition) is 2. The second-order valence-corrected chi connectivity index (χ2v) is 9.33. The van der Waals surface area contributed by atoms with Crippen molar-refractivity contribution in [3.8, 4) is 11.8 Å². The van der Waals surface area contributed by atoms with Gasteiger partial charge < -0.3 is 20.1 Å². The van der Waals surface area contributed by atoms with Crippen molar-refractivity contribution in [1.29, 1.82) is 5.26 Å². The highest BCUT2D eigenvalue weighted by molar-refractivity contribution is 5.92. The van der Waals surface area contributed by atoms with Gasteiger partial charge in [0.2, 0.25) is 0 Å². The topological polar surface area (TPSA) is 104 Å². The van der Waals surface area contributed by atoms with Crippen molar-refractivity contribution in [2.75, 3.05) is 19.7 Å². The number of imide groups is 1. The third kappa shape index (κ3) is 6.39. The van der Waals surface area contributed by atoms with Crippen LogP contribution in [0, 0.1) is 23.0 Å². The number of amides is 3. The highest BCUT2D eigenvalue weighted by Gasteiger charge is 2.42. The van der Waals surface area contributed by atoms with Crippen molar-refractivity contribution >= 4 is 12.1 Å². The van der Waals surface area contributed by atoms with E-state index in [1.807, 2.05) is 0 Å². The number of hydrogen-bond acceptors (Lipinski definition) is 6. The summed E-state index contributed by atoms with van der Waals surface area (Å²) in [5.41, 5.74) is -0.721. The van der Waals surface area contributed by atoms with Crippen LogP contribution in [-0.4, -0.2) is 49.1 Å². The van der Waals surface area contributed by atoms with Crippen molar-refractivity contribution in [3.05, 3.63) is 65.2 Å². The van der Waals surface area contributed by atoms with E-state index in [1.54, 1.807) is 6.07 Å². The Balaban J connectivity index is 1.28. The highest BCUT2D eigenvalue weighted by atomic mass is 19.4. The molecule has 4 rings (SSSR count). The summed E-state index contributed by atoms with van der Waals surface area (Å²) in [5, 5.41) is 15.7. The zero-order chi connectivity index (χ0) is 28.2. The molecule has 208 valence electrons. The van der Waals surface area contributed by atoms with Gasteiger partial charge in [0.1, 0.15) is 18.4 Å². The number of alkyl halides is 3. The number of nitrogens with zero attached hydrogens (tertiary/aromatic N) is 2. The molecule has 1 heterocycles. The third-order valence-corrected chi connectivity index (χ3v) is 6.94. The first-order valence-corrected chi connectivity index (χ1v) is 12.2. The lowest BCUT2D eigenvalue weighted by Crippen LogP contribution is -2.46. The molecule has 2 aliphatic rings. The Hall–Kier alpha value is -3.92. The second kappa shape index (κ2) is 11.4. The minimum atomic E-state index is -4.88. The second-order valence-electron chi connectivity index (χ2n) is 9.33. The van der Waals surface area contributed by atoms with Gasteiger partial charge in [-0.2, -0.15) is 5.26 Å². The van der Waals surface area contributed by atoms with Gasteiger partial charge in [-0.1, -0.05) is 24.3 Å². The van der Waals surface area contributed by atoms with Gasteiger partial charge in [0.15, 0.2) is 11.6 Å². The lowest BCUT2D eigenvalue weighted by Gasteiger charge is -2.36. The van der Waals surface area contributed by atoms with Crippen LogP contribution in [0.25, 0.3) is 0 Å². The van der Waals surface area contributed by atoms with Crippen molar-refractivity contribution < 1.29 is 41.0 Å². The van der Waals surface area contributed by atoms with Crippen LogP contribution in [0.2, 0.25) is 0 Å². The summed E-state index contributed by atoms with van der Waals surface area (Å²) in [6.07, 6.45) is -4.18. The molecule has 1 saturated heterocycles. The average molecular weight is 553 g/mol. The van der Waals surface area contributed by atoms with Gasteiger partial charge in [-0.05, 0) is 49.4 Å². The molecule has 1 unspecified atom stereocenters. The first-order valence-electron chi connectivity index (χ1n) is 12.2. The largest absolute Gasteiger partial charge is 0.573 e. The number of ether oxygens (including phenoxy) is 2. The van der Waals surface area contributed by atoms with Crippen LogP contribution in [-0.2, 0) is 10.2 Å². The fraction of sp³-hybridized carbons (Fsp3) is 0.423. The Morgan fingerprint density at radius 1 is 1.13 bits per heavy atom. The van der Waals surface area contributed by atoms with Gasteiger partial charge in [-0.15, -0.1) is 13.2 Å². The lowest BCUT2D eigenvalue weighted by atomic mass is 9.69. The molecule has 0 radical (unpaired) electrons. The van der Waals surface area contributed by atoms with E-state index in [4.69, 9.17) is 4.74 Å². The molecule has 0 aromatic heterocycles. The van der Waals surface area contributed by atoms with Crippen LogP contribution in [0.1, 0.15) is 42.9 Å². The molecular formula is C26H25F5N4O4. The number of nitrogens with one attached hydrogen (secondary N) is 2. The van der Waals surface area contributed by atoms with E-state index >= 15 is 0 Å². The molecule has 1 aliphatic heterocycles. The van der Waals surface area contributed by atoms with Gasteiger partial charge >= 0.3 is 18.5 Å². The summed E-state index contributed by atoms with van der Waals surface area (Å²) in [6.45, 7) is 0.229. The van der Waals surface area contributed by atoms with Crippen molar-refractivity contribution in [2.45, 2.75) is 49.5 Å². The SMILES string of the molecule is N#CC1(c2ccccc2OC(F)(F)F)CCC(NCCNC(=O)N2C(=O)OCC2c2ccc(F)c(F)c2)CC1. The van der Waals surface area contributed by atoms with Crippen molar-refractivity contribution in [3.63, 3.8) is 0 Å². The van der Waals surface area contributed by atoms with E-state index in [2.05, 4.69) is 21.4 Å². The number of benzene rings is 2. The summed E-state index contributed by atoms with van der Waals surface area (Å²) in [5.74, 6) is -2.55. The number of urea groups is 1. The monoisotopic (exact) mass is 552 g/mol. The van der Waals surface area contributed by atoms with Crippen LogP contribution < -0.4 is 15.4 Å². The zero-order valence-electron chi connectivity index (χ0n) is 20.6. The van der Waals surface area contributed by atoms with Gasteiger partial charge in [0, 0.05) is 24.7 Å². The lowest BCUT2D eigenvalue weighted by molar-refractivity contribution is -0.275. The van der Waals surface area contributed by atoms with E-state index < -0.39 is 41.6 Å². The first-order chi connectivity index (χ1) is 18.5. The average Bonchev–Trinajstić information content (AvgIpc) is 3.29. The molecule has 2 N–H and O–H groups in total. The van der Waals surface area contributed by atoms with Gasteiger partial charge in [-0.25, -0.2) is 23.3 Å². The molecule has 0 bridgehead atoms. The van der Waals surface area contributed by atoms with Crippen LogP contribution in [0.4, 0.5) is 31.5 Å². The summed E-state index contributed by atoms with van der Waals surface area (Å²) in [4.78, 5) is 25.5. The molecular weight excluding hydrogens is 527 g/mol. The fourth-order valence-corrected chi connectivity index (χ4v) is 4.97. The number of carbonyl (C=O) groups excluding carboxylic acids is 2. The molecule has 1 aliphatic carbocycles. The molecule has 1 atom stereocenters. The summed E-state index contributed by atoms with van der Waals surface area (Å²) in [7, 11) is 0. The number of halogens is 5. The van der Waals surface area contributed by atoms with Crippen LogP contribution in [0.3, 0.4) is 0 Å². The molecule has 1 saturated carbocycles. The number of nitriles is 1. The van der Waals surface area contributed by atoms with Crippen LogP contribution >= 0.6 is 0 Å². The third-order valence-electron chi connectivity index (χ3n) is 6.94. The highest BCUT2D eigenvalue weighted by Crippen LogP contribution is 2.44. The maximum absolute atomic E-state index is 13.6. The minimum absolute atomic E-state index is 0.0502. The number of carbonyl (C=O) groups is 2. The Morgan fingerprint density at radius 3 is 2.51 bits per heavy atom. The molecule has 39 heavy (non-hydrogen) atoms. The molecule has 2 fully saturated rings. The minimum Gasteiger partial charge on any atom is -0.446 e. The maximum Gasteiger partial charge on any atom is 0.573 e.